The highest BCUT2D eigenvalue weighted by Gasteiger charge is 2.31. The minimum absolute atomic E-state index is 0.0561. The molecule has 2 atom stereocenters. The zero-order valence-corrected chi connectivity index (χ0v) is 21.6. The van der Waals surface area contributed by atoms with E-state index in [1.165, 1.54) is 51.9 Å². The van der Waals surface area contributed by atoms with Crippen LogP contribution in [0.4, 0.5) is 0 Å². The van der Waals surface area contributed by atoms with Crippen LogP contribution in [0.5, 0.6) is 0 Å². The van der Waals surface area contributed by atoms with Crippen molar-refractivity contribution in [3.63, 3.8) is 0 Å². The number of aliphatic carboxylic acids is 1. The molecular weight excluding hydrogens is 426 g/mol. The Morgan fingerprint density at radius 3 is 1.88 bits per heavy atom. The molecule has 0 fully saturated rings. The number of carbonyl (C=O) groups is 3. The number of unbranched alkanes of at least 4 members (excludes halogenated alkanes) is 9. The predicted octanol–water partition coefficient (Wildman–Crippen LogP) is 4.34. The Morgan fingerprint density at radius 1 is 0.848 bits per heavy atom. The number of ether oxygens (including phenoxy) is 3. The number of rotatable bonds is 21. The van der Waals surface area contributed by atoms with Gasteiger partial charge in [-0.1, -0.05) is 64.7 Å². The van der Waals surface area contributed by atoms with Crippen molar-refractivity contribution in [2.24, 2.45) is 0 Å². The first-order valence-corrected chi connectivity index (χ1v) is 12.5. The highest BCUT2D eigenvalue weighted by Crippen LogP contribution is 2.12. The third-order valence-electron chi connectivity index (χ3n) is 5.56. The first-order chi connectivity index (χ1) is 15.6. The topological polar surface area (TPSA) is 99.1 Å². The van der Waals surface area contributed by atoms with Crippen LogP contribution in [0.2, 0.25) is 0 Å². The molecule has 0 aromatic rings. The number of carboxylic acid groups (broad SMARTS) is 1. The second-order valence-electron chi connectivity index (χ2n) is 9.68. The summed E-state index contributed by atoms with van der Waals surface area (Å²) in [5, 5.41) is 9.38. The molecule has 0 rings (SSSR count). The van der Waals surface area contributed by atoms with Gasteiger partial charge in [0.1, 0.15) is 6.61 Å². The van der Waals surface area contributed by atoms with Gasteiger partial charge in [0.05, 0.1) is 34.4 Å². The zero-order valence-electron chi connectivity index (χ0n) is 21.6. The van der Waals surface area contributed by atoms with E-state index < -0.39 is 24.1 Å². The summed E-state index contributed by atoms with van der Waals surface area (Å²) in [6, 6.07) is -0.601. The Labute approximate surface area is 200 Å². The van der Waals surface area contributed by atoms with Gasteiger partial charge in [-0.2, -0.15) is 0 Å². The van der Waals surface area contributed by atoms with Crippen molar-refractivity contribution in [3.8, 4) is 0 Å². The van der Waals surface area contributed by atoms with Gasteiger partial charge < -0.3 is 23.8 Å². The first-order valence-electron chi connectivity index (χ1n) is 12.5. The molecule has 0 amide bonds. The van der Waals surface area contributed by atoms with Crippen LogP contribution in [0.1, 0.15) is 90.9 Å². The SMILES string of the molecule is CCCCCCCCCCCCC(=O)OC(COCCC(C(=O)O)[N+](C)(C)C)COC(C)=O. The molecule has 0 aliphatic rings. The van der Waals surface area contributed by atoms with E-state index in [4.69, 9.17) is 14.2 Å². The normalized spacial score (nSPS) is 13.4. The van der Waals surface area contributed by atoms with Crippen molar-refractivity contribution >= 4 is 17.9 Å². The maximum atomic E-state index is 12.2. The fraction of sp³-hybridized carbons (Fsp3) is 0.880. The number of likely N-dealkylation sites (N-methyl/N-ethyl adjacent to an activating group) is 1. The number of carbonyl (C=O) groups excluding carboxylic acids is 2. The van der Waals surface area contributed by atoms with Crippen molar-refractivity contribution in [2.45, 2.75) is 103 Å². The maximum Gasteiger partial charge on any atom is 0.362 e. The van der Waals surface area contributed by atoms with E-state index in [2.05, 4.69) is 6.92 Å². The Morgan fingerprint density at radius 2 is 1.39 bits per heavy atom. The van der Waals surface area contributed by atoms with E-state index in [0.717, 1.165) is 19.3 Å². The van der Waals surface area contributed by atoms with Gasteiger partial charge in [0.15, 0.2) is 12.1 Å². The number of carboxylic acids is 1. The van der Waals surface area contributed by atoms with Crippen molar-refractivity contribution in [2.75, 3.05) is 41.0 Å². The van der Waals surface area contributed by atoms with Crippen molar-refractivity contribution < 1.29 is 38.2 Å². The molecule has 0 aromatic carbocycles. The van der Waals surface area contributed by atoms with Crippen LogP contribution in [-0.4, -0.2) is 80.6 Å². The fourth-order valence-electron chi connectivity index (χ4n) is 3.58. The second-order valence-corrected chi connectivity index (χ2v) is 9.68. The molecule has 0 aromatic heterocycles. The van der Waals surface area contributed by atoms with E-state index in [1.807, 2.05) is 21.1 Å². The molecule has 0 saturated heterocycles. The summed E-state index contributed by atoms with van der Waals surface area (Å²) in [4.78, 5) is 34.8. The summed E-state index contributed by atoms with van der Waals surface area (Å²) in [5.41, 5.74) is 0. The maximum absolute atomic E-state index is 12.2. The van der Waals surface area contributed by atoms with Crippen LogP contribution in [0.15, 0.2) is 0 Å². The smallest absolute Gasteiger partial charge is 0.362 e. The van der Waals surface area contributed by atoms with E-state index in [1.54, 1.807) is 0 Å². The molecule has 8 nitrogen and oxygen atoms in total. The minimum atomic E-state index is -0.884. The molecule has 194 valence electrons. The largest absolute Gasteiger partial charge is 0.477 e. The number of quaternary nitrogens is 1. The monoisotopic (exact) mass is 474 g/mol. The van der Waals surface area contributed by atoms with Gasteiger partial charge in [-0.3, -0.25) is 9.59 Å². The average molecular weight is 475 g/mol. The Kier molecular flexibility index (Phi) is 17.8. The Hall–Kier alpha value is -1.67. The molecule has 0 aliphatic carbocycles. The van der Waals surface area contributed by atoms with Crippen LogP contribution < -0.4 is 0 Å². The van der Waals surface area contributed by atoms with Crippen molar-refractivity contribution in [1.29, 1.82) is 0 Å². The van der Waals surface area contributed by atoms with E-state index in [9.17, 15) is 19.5 Å². The molecule has 0 heterocycles. The van der Waals surface area contributed by atoms with Crippen LogP contribution in [0.3, 0.4) is 0 Å². The third-order valence-corrected chi connectivity index (χ3v) is 5.56. The van der Waals surface area contributed by atoms with Crippen LogP contribution in [-0.2, 0) is 28.6 Å². The van der Waals surface area contributed by atoms with Gasteiger partial charge in [-0.25, -0.2) is 4.79 Å². The second kappa shape index (κ2) is 18.7. The van der Waals surface area contributed by atoms with Crippen molar-refractivity contribution in [1.82, 2.24) is 0 Å². The van der Waals surface area contributed by atoms with Gasteiger partial charge in [-0.05, 0) is 6.42 Å². The predicted molar refractivity (Wildman–Crippen MR) is 128 cm³/mol. The first kappa shape index (κ1) is 31.3. The molecule has 0 radical (unpaired) electrons. The molecule has 1 N–H and O–H groups in total. The summed E-state index contributed by atoms with van der Waals surface area (Å²) in [6.07, 6.45) is 11.8. The molecule has 8 heteroatoms. The average Bonchev–Trinajstić information content (AvgIpc) is 2.71. The highest BCUT2D eigenvalue weighted by molar-refractivity contribution is 5.72. The van der Waals surface area contributed by atoms with Crippen LogP contribution in [0, 0.1) is 0 Å². The lowest BCUT2D eigenvalue weighted by molar-refractivity contribution is -0.887. The number of hydrogen-bond donors (Lipinski definition) is 1. The number of hydrogen-bond acceptors (Lipinski definition) is 6. The fourth-order valence-corrected chi connectivity index (χ4v) is 3.58. The summed E-state index contributed by atoms with van der Waals surface area (Å²) in [6.45, 7) is 3.71. The Balaban J connectivity index is 4.18. The summed E-state index contributed by atoms with van der Waals surface area (Å²) in [7, 11) is 5.45. The molecule has 0 aliphatic heterocycles. The van der Waals surface area contributed by atoms with Gasteiger partial charge >= 0.3 is 17.9 Å². The van der Waals surface area contributed by atoms with Crippen LogP contribution in [0.25, 0.3) is 0 Å². The summed E-state index contributed by atoms with van der Waals surface area (Å²) in [5.74, 6) is -1.67. The molecule has 0 saturated carbocycles. The third kappa shape index (κ3) is 18.4. The number of nitrogens with zero attached hydrogens (tertiary/aromatic N) is 1. The molecule has 2 unspecified atom stereocenters. The Bertz CT molecular complexity index is 545. The molecule has 0 spiro atoms. The van der Waals surface area contributed by atoms with Gasteiger partial charge in [0.25, 0.3) is 0 Å². The molecule has 0 bridgehead atoms. The molecule has 33 heavy (non-hydrogen) atoms. The lowest BCUT2D eigenvalue weighted by Crippen LogP contribution is -2.50. The van der Waals surface area contributed by atoms with Crippen LogP contribution >= 0.6 is 0 Å². The van der Waals surface area contributed by atoms with E-state index in [0.29, 0.717) is 12.8 Å². The molecular formula is C25H48NO7+. The van der Waals surface area contributed by atoms with Gasteiger partial charge in [0, 0.05) is 19.8 Å². The zero-order chi connectivity index (χ0) is 25.1. The standard InChI is InChI=1S/C25H47NO7/c1-6-7-8-9-10-11-12-13-14-15-16-24(28)33-22(20-32-21(2)27)19-31-18-17-23(25(29)30)26(3,4)5/h22-23H,6-20H2,1-5H3/p+1. The lowest BCUT2D eigenvalue weighted by atomic mass is 10.1. The van der Waals surface area contributed by atoms with Gasteiger partial charge in [0.2, 0.25) is 0 Å². The van der Waals surface area contributed by atoms with Crippen molar-refractivity contribution in [3.05, 3.63) is 0 Å². The van der Waals surface area contributed by atoms with E-state index in [-0.39, 0.29) is 30.3 Å². The van der Waals surface area contributed by atoms with Gasteiger partial charge in [-0.15, -0.1) is 0 Å². The summed E-state index contributed by atoms with van der Waals surface area (Å²) >= 11 is 0. The quantitative estimate of drug-likeness (QED) is 0.150. The summed E-state index contributed by atoms with van der Waals surface area (Å²) < 4.78 is 16.3. The lowest BCUT2D eigenvalue weighted by Gasteiger charge is -2.31. The number of esters is 2. The van der Waals surface area contributed by atoms with E-state index >= 15 is 0 Å². The highest BCUT2D eigenvalue weighted by atomic mass is 16.6. The minimum Gasteiger partial charge on any atom is -0.477 e.